The third kappa shape index (κ3) is 3.22. The van der Waals surface area contributed by atoms with Crippen molar-refractivity contribution in [3.8, 4) is 22.3 Å². The van der Waals surface area contributed by atoms with Crippen molar-refractivity contribution < 1.29 is 0 Å². The van der Waals surface area contributed by atoms with Gasteiger partial charge in [-0.05, 0) is 95.0 Å². The Morgan fingerprint density at radius 3 is 1.97 bits per heavy atom. The highest BCUT2D eigenvalue weighted by molar-refractivity contribution is 6.29. The molecule has 1 nitrogen and oxygen atoms in total. The molecule has 7 aromatic carbocycles. The standard InChI is InChI=1S/C37H23N/c1-2-9-32-24(6-1)12-13-25-14-16-30-22-35(33-10-3-4-11-34(33)37(30)36(25)32)29-8-5-7-26(21-29)27-15-17-31-23-38-19-18-28(31)20-27/h1-23H. The van der Waals surface area contributed by atoms with E-state index in [0.717, 1.165) is 5.39 Å². The number of benzene rings is 7. The molecule has 8 aromatic rings. The van der Waals surface area contributed by atoms with E-state index in [-0.39, 0.29) is 0 Å². The molecular formula is C37H23N. The van der Waals surface area contributed by atoms with Crippen molar-refractivity contribution in [1.29, 1.82) is 0 Å². The lowest BCUT2D eigenvalue weighted by atomic mass is 9.88. The fourth-order valence-electron chi connectivity index (χ4n) is 6.06. The molecular weight excluding hydrogens is 458 g/mol. The van der Waals surface area contributed by atoms with E-state index in [1.54, 1.807) is 0 Å². The minimum atomic E-state index is 1.16. The molecule has 0 saturated heterocycles. The molecule has 0 atom stereocenters. The molecule has 0 saturated carbocycles. The number of hydrogen-bond acceptors (Lipinski definition) is 1. The summed E-state index contributed by atoms with van der Waals surface area (Å²) >= 11 is 0. The first-order valence-corrected chi connectivity index (χ1v) is 13.0. The Balaban J connectivity index is 1.40. The summed E-state index contributed by atoms with van der Waals surface area (Å²) in [6.07, 6.45) is 3.78. The van der Waals surface area contributed by atoms with Crippen molar-refractivity contribution in [1.82, 2.24) is 4.98 Å². The Labute approximate surface area is 220 Å². The van der Waals surface area contributed by atoms with Crippen LogP contribution in [0, 0.1) is 0 Å². The summed E-state index contributed by atoms with van der Waals surface area (Å²) < 4.78 is 0. The molecule has 0 amide bonds. The van der Waals surface area contributed by atoms with Gasteiger partial charge in [0.2, 0.25) is 0 Å². The fourth-order valence-corrected chi connectivity index (χ4v) is 6.06. The predicted molar refractivity (Wildman–Crippen MR) is 163 cm³/mol. The van der Waals surface area contributed by atoms with E-state index in [2.05, 4.69) is 132 Å². The molecule has 8 rings (SSSR count). The molecule has 0 aliphatic rings. The van der Waals surface area contributed by atoms with Crippen molar-refractivity contribution in [2.45, 2.75) is 0 Å². The maximum absolute atomic E-state index is 4.26. The molecule has 1 heteroatoms. The lowest BCUT2D eigenvalue weighted by Crippen LogP contribution is -1.88. The molecule has 38 heavy (non-hydrogen) atoms. The summed E-state index contributed by atoms with van der Waals surface area (Å²) in [4.78, 5) is 4.26. The molecule has 1 aromatic heterocycles. The quantitative estimate of drug-likeness (QED) is 0.224. The molecule has 0 aliphatic carbocycles. The second-order valence-electron chi connectivity index (χ2n) is 10.0. The SMILES string of the molecule is c1cc(-c2ccc3cnccc3c2)cc(-c2cc3ccc4ccc5ccccc5c4c3c3ccccc23)c1. The van der Waals surface area contributed by atoms with E-state index >= 15 is 0 Å². The van der Waals surface area contributed by atoms with Crippen molar-refractivity contribution in [3.63, 3.8) is 0 Å². The number of rotatable bonds is 2. The van der Waals surface area contributed by atoms with Gasteiger partial charge >= 0.3 is 0 Å². The monoisotopic (exact) mass is 481 g/mol. The summed E-state index contributed by atoms with van der Waals surface area (Å²) in [5, 5.41) is 12.7. The predicted octanol–water partition coefficient (Wildman–Crippen LogP) is 10.2. The van der Waals surface area contributed by atoms with Crippen LogP contribution in [0.5, 0.6) is 0 Å². The van der Waals surface area contributed by atoms with Crippen molar-refractivity contribution in [3.05, 3.63) is 140 Å². The molecule has 0 unspecified atom stereocenters. The number of fused-ring (bicyclic) bond motifs is 8. The van der Waals surface area contributed by atoms with Crippen molar-refractivity contribution >= 4 is 53.9 Å². The van der Waals surface area contributed by atoms with Crippen LogP contribution in [0.1, 0.15) is 0 Å². The lowest BCUT2D eigenvalue weighted by molar-refractivity contribution is 1.36. The Kier molecular flexibility index (Phi) is 4.59. The highest BCUT2D eigenvalue weighted by Gasteiger charge is 2.13. The fraction of sp³-hybridized carbons (Fsp3) is 0. The Hall–Kier alpha value is -5.01. The zero-order valence-electron chi connectivity index (χ0n) is 20.7. The summed E-state index contributed by atoms with van der Waals surface area (Å²) in [5.41, 5.74) is 4.93. The second-order valence-corrected chi connectivity index (χ2v) is 10.0. The summed E-state index contributed by atoms with van der Waals surface area (Å²) in [7, 11) is 0. The third-order valence-corrected chi connectivity index (χ3v) is 7.88. The van der Waals surface area contributed by atoms with E-state index in [9.17, 15) is 0 Å². The van der Waals surface area contributed by atoms with Crippen LogP contribution in [0.4, 0.5) is 0 Å². The minimum absolute atomic E-state index is 1.16. The van der Waals surface area contributed by atoms with Crippen LogP contribution in [-0.4, -0.2) is 4.98 Å². The van der Waals surface area contributed by atoms with E-state index in [1.165, 1.54) is 70.7 Å². The maximum atomic E-state index is 4.26. The van der Waals surface area contributed by atoms with Crippen LogP contribution >= 0.6 is 0 Å². The molecule has 0 N–H and O–H groups in total. The lowest BCUT2D eigenvalue weighted by Gasteiger charge is -2.15. The van der Waals surface area contributed by atoms with Crippen LogP contribution in [-0.2, 0) is 0 Å². The van der Waals surface area contributed by atoms with Gasteiger partial charge in [-0.15, -0.1) is 0 Å². The second kappa shape index (κ2) is 8.26. The zero-order chi connectivity index (χ0) is 25.1. The number of nitrogens with zero attached hydrogens (tertiary/aromatic N) is 1. The highest BCUT2D eigenvalue weighted by Crippen LogP contribution is 2.41. The molecule has 0 spiro atoms. The van der Waals surface area contributed by atoms with Gasteiger partial charge in [-0.3, -0.25) is 4.98 Å². The summed E-state index contributed by atoms with van der Waals surface area (Å²) in [6.45, 7) is 0. The first-order valence-electron chi connectivity index (χ1n) is 13.0. The van der Waals surface area contributed by atoms with Gasteiger partial charge in [0.25, 0.3) is 0 Å². The average molecular weight is 482 g/mol. The number of hydrogen-bond donors (Lipinski definition) is 0. The molecule has 1 heterocycles. The minimum Gasteiger partial charge on any atom is -0.264 e. The smallest absolute Gasteiger partial charge is 0.0346 e. The van der Waals surface area contributed by atoms with Gasteiger partial charge in [-0.2, -0.15) is 0 Å². The first-order chi connectivity index (χ1) is 18.8. The normalized spacial score (nSPS) is 11.7. The highest BCUT2D eigenvalue weighted by atomic mass is 14.6. The van der Waals surface area contributed by atoms with Gasteiger partial charge in [-0.25, -0.2) is 0 Å². The van der Waals surface area contributed by atoms with E-state index in [4.69, 9.17) is 0 Å². The van der Waals surface area contributed by atoms with Gasteiger partial charge in [0.15, 0.2) is 0 Å². The van der Waals surface area contributed by atoms with Crippen LogP contribution < -0.4 is 0 Å². The first kappa shape index (κ1) is 21.1. The van der Waals surface area contributed by atoms with Gasteiger partial charge in [0.1, 0.15) is 0 Å². The zero-order valence-corrected chi connectivity index (χ0v) is 20.7. The van der Waals surface area contributed by atoms with Crippen LogP contribution in [0.2, 0.25) is 0 Å². The maximum Gasteiger partial charge on any atom is 0.0346 e. The molecule has 0 bridgehead atoms. The van der Waals surface area contributed by atoms with Crippen molar-refractivity contribution in [2.24, 2.45) is 0 Å². The van der Waals surface area contributed by atoms with Gasteiger partial charge in [-0.1, -0.05) is 103 Å². The average Bonchev–Trinajstić information content (AvgIpc) is 3.00. The van der Waals surface area contributed by atoms with E-state index in [0.29, 0.717) is 0 Å². The van der Waals surface area contributed by atoms with Crippen LogP contribution in [0.15, 0.2) is 140 Å². The molecule has 0 aliphatic heterocycles. The molecule has 0 fully saturated rings. The van der Waals surface area contributed by atoms with Gasteiger partial charge in [0.05, 0.1) is 0 Å². The molecule has 0 radical (unpaired) electrons. The van der Waals surface area contributed by atoms with Crippen LogP contribution in [0.25, 0.3) is 76.1 Å². The molecule has 176 valence electrons. The van der Waals surface area contributed by atoms with E-state index < -0.39 is 0 Å². The van der Waals surface area contributed by atoms with E-state index in [1.807, 2.05) is 12.4 Å². The Bertz CT molecular complexity index is 2190. The van der Waals surface area contributed by atoms with Gasteiger partial charge in [0, 0.05) is 17.8 Å². The Morgan fingerprint density at radius 1 is 0.368 bits per heavy atom. The number of pyridine rings is 1. The topological polar surface area (TPSA) is 12.9 Å². The Morgan fingerprint density at radius 2 is 1.05 bits per heavy atom. The largest absolute Gasteiger partial charge is 0.264 e. The summed E-state index contributed by atoms with van der Waals surface area (Å²) in [5.74, 6) is 0. The van der Waals surface area contributed by atoms with Gasteiger partial charge < -0.3 is 0 Å². The van der Waals surface area contributed by atoms with Crippen LogP contribution in [0.3, 0.4) is 0 Å². The number of aromatic nitrogens is 1. The summed E-state index contributed by atoms with van der Waals surface area (Å²) in [6, 6.07) is 46.6. The van der Waals surface area contributed by atoms with Crippen molar-refractivity contribution in [2.75, 3.05) is 0 Å². The third-order valence-electron chi connectivity index (χ3n) is 7.88.